The summed E-state index contributed by atoms with van der Waals surface area (Å²) in [5.74, 6) is 1.83. The zero-order valence-corrected chi connectivity index (χ0v) is 21.3. The molecular formula is C28H31FN6O3. The Kier molecular flexibility index (Phi) is 5.63. The number of benzene rings is 1. The number of carbonyl (C=O) groups is 1. The molecule has 0 radical (unpaired) electrons. The number of pyridine rings is 1. The van der Waals surface area contributed by atoms with E-state index in [1.54, 1.807) is 12.3 Å². The summed E-state index contributed by atoms with van der Waals surface area (Å²) in [6.07, 6.45) is 6.29. The molecule has 3 atom stereocenters. The summed E-state index contributed by atoms with van der Waals surface area (Å²) in [5, 5.41) is 14.0. The third kappa shape index (κ3) is 4.03. The van der Waals surface area contributed by atoms with Crippen LogP contribution < -0.4 is 10.1 Å². The SMILES string of the molecule is Cn1c(-c2cc3cccnc3n2CC2CC2)nc2cc(C(=O)N3CC[C@H]4CCN[C@H]4C3)cc(OC(O)F)c21. The van der Waals surface area contributed by atoms with E-state index >= 15 is 0 Å². The van der Waals surface area contributed by atoms with Crippen LogP contribution in [0.3, 0.4) is 0 Å². The quantitative estimate of drug-likeness (QED) is 0.380. The Morgan fingerprint density at radius 1 is 1.26 bits per heavy atom. The fraction of sp³-hybridized carbons (Fsp3) is 0.464. The Balaban J connectivity index is 1.32. The standard InChI is InChI=1S/C28H31FN6O3/c1-33-24-20(32-26(33)22-12-18-3-2-8-31-25(18)35(22)14-16-4-5-16)11-19(13-23(24)38-28(29)37)27(36)34-10-7-17-6-9-30-21(17)15-34/h2-3,8,11-13,16-17,21,28,30,37H,4-7,9-10,14-15H2,1H3/t17-,21+,28?/m1/s1. The molecule has 10 heteroatoms. The fourth-order valence-corrected chi connectivity index (χ4v) is 6.27. The molecule has 1 aliphatic carbocycles. The lowest BCUT2D eigenvalue weighted by Crippen LogP contribution is -2.48. The van der Waals surface area contributed by atoms with E-state index in [4.69, 9.17) is 9.72 Å². The second-order valence-corrected chi connectivity index (χ2v) is 10.9. The third-order valence-corrected chi connectivity index (χ3v) is 8.39. The molecule has 0 bridgehead atoms. The van der Waals surface area contributed by atoms with Crippen molar-refractivity contribution in [2.24, 2.45) is 18.9 Å². The van der Waals surface area contributed by atoms with Gasteiger partial charge in [-0.2, -0.15) is 4.39 Å². The average Bonchev–Trinajstić information content (AvgIpc) is 3.33. The molecule has 1 saturated carbocycles. The Labute approximate surface area is 219 Å². The number of amides is 1. The Morgan fingerprint density at radius 3 is 2.95 bits per heavy atom. The molecule has 2 saturated heterocycles. The molecule has 1 unspecified atom stereocenters. The van der Waals surface area contributed by atoms with Gasteiger partial charge in [0, 0.05) is 49.9 Å². The van der Waals surface area contributed by atoms with Gasteiger partial charge in [0.15, 0.2) is 11.6 Å². The Bertz CT molecular complexity index is 1540. The van der Waals surface area contributed by atoms with Crippen LogP contribution in [0.25, 0.3) is 33.6 Å². The maximum absolute atomic E-state index is 13.8. The summed E-state index contributed by atoms with van der Waals surface area (Å²) >= 11 is 0. The predicted octanol–water partition coefficient (Wildman–Crippen LogP) is 3.45. The van der Waals surface area contributed by atoms with Crippen molar-refractivity contribution in [3.63, 3.8) is 0 Å². The first-order valence-electron chi connectivity index (χ1n) is 13.4. The van der Waals surface area contributed by atoms with E-state index in [0.717, 1.165) is 42.7 Å². The van der Waals surface area contributed by atoms with Crippen molar-refractivity contribution in [3.05, 3.63) is 42.1 Å². The number of aryl methyl sites for hydroxylation is 1. The summed E-state index contributed by atoms with van der Waals surface area (Å²) in [6, 6.07) is 9.60. The topological polar surface area (TPSA) is 97.4 Å². The van der Waals surface area contributed by atoms with Crippen LogP contribution in [-0.2, 0) is 13.6 Å². The van der Waals surface area contributed by atoms with Gasteiger partial charge in [0.1, 0.15) is 11.2 Å². The van der Waals surface area contributed by atoms with Crippen molar-refractivity contribution in [1.82, 2.24) is 29.3 Å². The number of piperidine rings is 1. The first-order valence-corrected chi connectivity index (χ1v) is 13.4. The van der Waals surface area contributed by atoms with Crippen LogP contribution in [0.4, 0.5) is 4.39 Å². The van der Waals surface area contributed by atoms with Gasteiger partial charge < -0.3 is 29.2 Å². The summed E-state index contributed by atoms with van der Waals surface area (Å²) in [6.45, 7) is 0.639. The minimum absolute atomic E-state index is 0.0824. The van der Waals surface area contributed by atoms with E-state index in [1.807, 2.05) is 28.6 Å². The first kappa shape index (κ1) is 23.6. The molecule has 0 spiro atoms. The molecule has 2 N–H and O–H groups in total. The van der Waals surface area contributed by atoms with Crippen LogP contribution >= 0.6 is 0 Å². The van der Waals surface area contributed by atoms with Crippen molar-refractivity contribution < 1.29 is 19.0 Å². The number of nitrogens with zero attached hydrogens (tertiary/aromatic N) is 5. The second kappa shape index (κ2) is 9.06. The number of alkyl halides is 1. The van der Waals surface area contributed by atoms with Crippen molar-refractivity contribution in [2.75, 3.05) is 19.6 Å². The number of fused-ring (bicyclic) bond motifs is 3. The van der Waals surface area contributed by atoms with Crippen LogP contribution in [0.5, 0.6) is 5.75 Å². The molecule has 9 nitrogen and oxygen atoms in total. The monoisotopic (exact) mass is 518 g/mol. The van der Waals surface area contributed by atoms with Gasteiger partial charge >= 0.3 is 6.54 Å². The van der Waals surface area contributed by atoms with Crippen molar-refractivity contribution in [2.45, 2.75) is 44.8 Å². The largest absolute Gasteiger partial charge is 0.436 e. The number of aromatic nitrogens is 4. The lowest BCUT2D eigenvalue weighted by molar-refractivity contribution is -0.118. The molecule has 3 aliphatic rings. The van der Waals surface area contributed by atoms with E-state index < -0.39 is 6.54 Å². The van der Waals surface area contributed by atoms with Gasteiger partial charge in [0.05, 0.1) is 11.2 Å². The highest BCUT2D eigenvalue weighted by molar-refractivity contribution is 6.00. The Morgan fingerprint density at radius 2 is 2.13 bits per heavy atom. The summed E-state index contributed by atoms with van der Waals surface area (Å²) in [7, 11) is 1.84. The normalized spacial score (nSPS) is 22.2. The zero-order valence-electron chi connectivity index (χ0n) is 21.3. The van der Waals surface area contributed by atoms with Gasteiger partial charge in [-0.1, -0.05) is 0 Å². The van der Waals surface area contributed by atoms with Crippen LogP contribution in [-0.4, -0.2) is 67.2 Å². The van der Waals surface area contributed by atoms with Gasteiger partial charge in [0.2, 0.25) is 0 Å². The number of carbonyl (C=O) groups excluding carboxylic acids is 1. The van der Waals surface area contributed by atoms with E-state index in [9.17, 15) is 14.3 Å². The average molecular weight is 519 g/mol. The molecule has 4 aromatic rings. The van der Waals surface area contributed by atoms with Crippen LogP contribution in [0, 0.1) is 11.8 Å². The fourth-order valence-electron chi connectivity index (χ4n) is 6.27. The van der Waals surface area contributed by atoms with E-state index in [2.05, 4.69) is 20.9 Å². The number of likely N-dealkylation sites (tertiary alicyclic amines) is 1. The van der Waals surface area contributed by atoms with Gasteiger partial charge in [-0.15, -0.1) is 0 Å². The maximum atomic E-state index is 13.8. The number of hydrogen-bond donors (Lipinski definition) is 2. The lowest BCUT2D eigenvalue weighted by Gasteiger charge is -2.35. The number of rotatable bonds is 6. The maximum Gasteiger partial charge on any atom is 0.350 e. The lowest BCUT2D eigenvalue weighted by atomic mass is 9.92. The number of aliphatic hydroxyl groups is 1. The summed E-state index contributed by atoms with van der Waals surface area (Å²) < 4.78 is 23.0. The highest BCUT2D eigenvalue weighted by atomic mass is 19.2. The van der Waals surface area contributed by atoms with E-state index in [0.29, 0.717) is 53.4 Å². The molecule has 198 valence electrons. The number of nitrogens with one attached hydrogen (secondary N) is 1. The number of ether oxygens (including phenoxy) is 1. The minimum atomic E-state index is -2.52. The first-order chi connectivity index (χ1) is 18.5. The van der Waals surface area contributed by atoms with Gasteiger partial charge in [-0.25, -0.2) is 9.97 Å². The zero-order chi connectivity index (χ0) is 26.0. The van der Waals surface area contributed by atoms with Crippen molar-refractivity contribution in [3.8, 4) is 17.3 Å². The predicted molar refractivity (Wildman–Crippen MR) is 140 cm³/mol. The smallest absolute Gasteiger partial charge is 0.350 e. The molecule has 38 heavy (non-hydrogen) atoms. The van der Waals surface area contributed by atoms with Crippen LogP contribution in [0.15, 0.2) is 36.5 Å². The van der Waals surface area contributed by atoms with E-state index in [1.165, 1.54) is 18.9 Å². The summed E-state index contributed by atoms with van der Waals surface area (Å²) in [5.41, 5.74) is 3.19. The van der Waals surface area contributed by atoms with Crippen LogP contribution in [0.2, 0.25) is 0 Å². The second-order valence-electron chi connectivity index (χ2n) is 10.9. The molecule has 3 aromatic heterocycles. The van der Waals surface area contributed by atoms with Crippen molar-refractivity contribution in [1.29, 1.82) is 0 Å². The molecule has 2 aliphatic heterocycles. The molecule has 7 rings (SSSR count). The molecule has 1 aromatic carbocycles. The number of halogens is 1. The third-order valence-electron chi connectivity index (χ3n) is 8.39. The highest BCUT2D eigenvalue weighted by Gasteiger charge is 2.35. The number of hydrogen-bond acceptors (Lipinski definition) is 6. The highest BCUT2D eigenvalue weighted by Crippen LogP contribution is 2.38. The van der Waals surface area contributed by atoms with Gasteiger partial charge in [0.25, 0.3) is 5.91 Å². The number of imidazole rings is 1. The minimum Gasteiger partial charge on any atom is -0.436 e. The molecule has 1 amide bonds. The van der Waals surface area contributed by atoms with Gasteiger partial charge in [-0.05, 0) is 74.4 Å². The van der Waals surface area contributed by atoms with Gasteiger partial charge in [-0.3, -0.25) is 4.79 Å². The van der Waals surface area contributed by atoms with E-state index in [-0.39, 0.29) is 11.7 Å². The Hall–Kier alpha value is -3.50. The molecular weight excluding hydrogens is 487 g/mol. The van der Waals surface area contributed by atoms with Crippen LogP contribution in [0.1, 0.15) is 36.0 Å². The van der Waals surface area contributed by atoms with Crippen molar-refractivity contribution >= 4 is 28.0 Å². The summed E-state index contributed by atoms with van der Waals surface area (Å²) in [4.78, 5) is 25.0. The molecule has 5 heterocycles. The number of aliphatic hydroxyl groups excluding tert-OH is 1. The molecule has 3 fully saturated rings.